The Kier molecular flexibility index (Phi) is 6.70. The third kappa shape index (κ3) is 5.51. The molecule has 0 radical (unpaired) electrons. The Labute approximate surface area is 217 Å². The SMILES string of the molecule is Cc1cccc(Cn2c(CCCc3ccc(OC(C)(C)C(=O)O)cc3)nc3cc4ccccc4cc32)c1. The normalized spacial score (nSPS) is 11.8. The summed E-state index contributed by atoms with van der Waals surface area (Å²) in [5.74, 6) is 0.663. The summed E-state index contributed by atoms with van der Waals surface area (Å²) in [6.45, 7) is 6.02. The van der Waals surface area contributed by atoms with Gasteiger partial charge in [0.2, 0.25) is 0 Å². The van der Waals surface area contributed by atoms with Crippen molar-refractivity contribution < 1.29 is 14.6 Å². The third-order valence-corrected chi connectivity index (χ3v) is 6.80. The zero-order chi connectivity index (χ0) is 26.0. The topological polar surface area (TPSA) is 64.3 Å². The molecule has 0 aliphatic heterocycles. The number of aryl methyl sites for hydroxylation is 3. The van der Waals surface area contributed by atoms with Crippen LogP contribution in [0.15, 0.2) is 84.9 Å². The lowest BCUT2D eigenvalue weighted by Gasteiger charge is -2.21. The number of hydrogen-bond acceptors (Lipinski definition) is 3. The van der Waals surface area contributed by atoms with Gasteiger partial charge in [0.05, 0.1) is 11.0 Å². The van der Waals surface area contributed by atoms with Gasteiger partial charge < -0.3 is 14.4 Å². The molecule has 0 aliphatic rings. The second-order valence-electron chi connectivity index (χ2n) is 10.2. The molecule has 0 aliphatic carbocycles. The van der Waals surface area contributed by atoms with Crippen molar-refractivity contribution in [1.29, 1.82) is 0 Å². The molecule has 1 aromatic heterocycles. The van der Waals surface area contributed by atoms with Crippen molar-refractivity contribution in [2.75, 3.05) is 0 Å². The van der Waals surface area contributed by atoms with Crippen LogP contribution in [0.25, 0.3) is 21.8 Å². The standard InChI is InChI=1S/C32H32N2O3/c1-22-8-6-10-24(18-22)21-34-29-20-26-12-5-4-11-25(26)19-28(29)33-30(34)13-7-9-23-14-16-27(17-15-23)37-32(2,3)31(35)36/h4-6,8,10-12,14-20H,7,9,13,21H2,1-3H3,(H,35,36). The zero-order valence-corrected chi connectivity index (χ0v) is 21.6. The van der Waals surface area contributed by atoms with E-state index in [0.29, 0.717) is 5.75 Å². The van der Waals surface area contributed by atoms with Crippen molar-refractivity contribution in [3.63, 3.8) is 0 Å². The number of aliphatic carboxylic acids is 1. The summed E-state index contributed by atoms with van der Waals surface area (Å²) < 4.78 is 7.99. The summed E-state index contributed by atoms with van der Waals surface area (Å²) in [4.78, 5) is 16.4. The molecule has 1 heterocycles. The first-order chi connectivity index (χ1) is 17.8. The van der Waals surface area contributed by atoms with E-state index in [-0.39, 0.29) is 0 Å². The first-order valence-corrected chi connectivity index (χ1v) is 12.7. The van der Waals surface area contributed by atoms with E-state index >= 15 is 0 Å². The van der Waals surface area contributed by atoms with Crippen LogP contribution in [0.4, 0.5) is 0 Å². The summed E-state index contributed by atoms with van der Waals surface area (Å²) in [5.41, 5.74) is 4.65. The number of rotatable bonds is 9. The van der Waals surface area contributed by atoms with Gasteiger partial charge in [-0.15, -0.1) is 0 Å². The lowest BCUT2D eigenvalue weighted by Crippen LogP contribution is -2.37. The number of fused-ring (bicyclic) bond motifs is 2. The number of carboxylic acids is 1. The molecular formula is C32H32N2O3. The summed E-state index contributed by atoms with van der Waals surface area (Å²) in [5, 5.41) is 11.7. The Morgan fingerprint density at radius 2 is 1.62 bits per heavy atom. The Morgan fingerprint density at radius 3 is 2.32 bits per heavy atom. The van der Waals surface area contributed by atoms with Crippen LogP contribution >= 0.6 is 0 Å². The molecule has 37 heavy (non-hydrogen) atoms. The number of carboxylic acid groups (broad SMARTS) is 1. The van der Waals surface area contributed by atoms with Gasteiger partial charge in [-0.25, -0.2) is 9.78 Å². The summed E-state index contributed by atoms with van der Waals surface area (Å²) in [7, 11) is 0. The van der Waals surface area contributed by atoms with E-state index in [9.17, 15) is 9.90 Å². The van der Waals surface area contributed by atoms with Crippen LogP contribution in [0.1, 0.15) is 42.8 Å². The third-order valence-electron chi connectivity index (χ3n) is 6.80. The van der Waals surface area contributed by atoms with Crippen LogP contribution in [-0.4, -0.2) is 26.2 Å². The minimum Gasteiger partial charge on any atom is -0.478 e. The number of aromatic nitrogens is 2. The lowest BCUT2D eigenvalue weighted by atomic mass is 10.1. The summed E-state index contributed by atoms with van der Waals surface area (Å²) >= 11 is 0. The molecule has 5 aromatic rings. The molecule has 0 saturated heterocycles. The highest BCUT2D eigenvalue weighted by Crippen LogP contribution is 2.26. The van der Waals surface area contributed by atoms with Crippen LogP contribution in [0, 0.1) is 6.92 Å². The quantitative estimate of drug-likeness (QED) is 0.241. The van der Waals surface area contributed by atoms with Gasteiger partial charge >= 0.3 is 5.97 Å². The van der Waals surface area contributed by atoms with Gasteiger partial charge in [-0.3, -0.25) is 0 Å². The van der Waals surface area contributed by atoms with E-state index < -0.39 is 11.6 Å². The van der Waals surface area contributed by atoms with Gasteiger partial charge in [-0.1, -0.05) is 66.2 Å². The zero-order valence-electron chi connectivity index (χ0n) is 21.6. The molecule has 0 saturated carbocycles. The fourth-order valence-electron chi connectivity index (χ4n) is 4.73. The first-order valence-electron chi connectivity index (χ1n) is 12.7. The Hall–Kier alpha value is -4.12. The van der Waals surface area contributed by atoms with Gasteiger partial charge in [0.25, 0.3) is 0 Å². The Balaban J connectivity index is 1.36. The maximum atomic E-state index is 11.3. The highest BCUT2D eigenvalue weighted by atomic mass is 16.5. The minimum atomic E-state index is -1.26. The monoisotopic (exact) mass is 492 g/mol. The molecule has 0 unspecified atom stereocenters. The molecule has 0 fully saturated rings. The maximum Gasteiger partial charge on any atom is 0.347 e. The summed E-state index contributed by atoms with van der Waals surface area (Å²) in [6.07, 6.45) is 2.72. The van der Waals surface area contributed by atoms with Gasteiger partial charge in [-0.2, -0.15) is 0 Å². The van der Waals surface area contributed by atoms with E-state index in [1.165, 1.54) is 27.5 Å². The highest BCUT2D eigenvalue weighted by Gasteiger charge is 2.29. The molecule has 4 aromatic carbocycles. The van der Waals surface area contributed by atoms with Crippen molar-refractivity contribution >= 4 is 27.8 Å². The van der Waals surface area contributed by atoms with Crippen molar-refractivity contribution in [1.82, 2.24) is 9.55 Å². The number of ether oxygens (including phenoxy) is 1. The Bertz CT molecular complexity index is 1560. The molecule has 5 nitrogen and oxygen atoms in total. The molecule has 0 spiro atoms. The number of carbonyl (C=O) groups is 1. The first kappa shape index (κ1) is 24.6. The molecule has 0 atom stereocenters. The smallest absolute Gasteiger partial charge is 0.347 e. The summed E-state index contributed by atoms with van der Waals surface area (Å²) in [6, 6.07) is 29.3. The number of nitrogens with zero attached hydrogens (tertiary/aromatic N) is 2. The fourth-order valence-corrected chi connectivity index (χ4v) is 4.73. The van der Waals surface area contributed by atoms with Gasteiger partial charge in [0.1, 0.15) is 11.6 Å². The number of imidazole rings is 1. The largest absolute Gasteiger partial charge is 0.478 e. The van der Waals surface area contributed by atoms with E-state index in [2.05, 4.69) is 72.2 Å². The molecule has 0 amide bonds. The molecular weight excluding hydrogens is 460 g/mol. The predicted molar refractivity (Wildman–Crippen MR) is 148 cm³/mol. The average Bonchev–Trinajstić information content (AvgIpc) is 3.19. The van der Waals surface area contributed by atoms with Gasteiger partial charge in [0, 0.05) is 13.0 Å². The lowest BCUT2D eigenvalue weighted by molar-refractivity contribution is -0.152. The van der Waals surface area contributed by atoms with Crippen molar-refractivity contribution in [2.24, 2.45) is 0 Å². The molecule has 5 heteroatoms. The maximum absolute atomic E-state index is 11.3. The molecule has 0 bridgehead atoms. The van der Waals surface area contributed by atoms with Crippen molar-refractivity contribution in [2.45, 2.75) is 52.2 Å². The van der Waals surface area contributed by atoms with Crippen molar-refractivity contribution in [3.8, 4) is 5.75 Å². The second-order valence-corrected chi connectivity index (χ2v) is 10.2. The average molecular weight is 493 g/mol. The van der Waals surface area contributed by atoms with Crippen LogP contribution in [0.2, 0.25) is 0 Å². The van der Waals surface area contributed by atoms with Gasteiger partial charge in [0.15, 0.2) is 5.60 Å². The highest BCUT2D eigenvalue weighted by molar-refractivity contribution is 5.95. The van der Waals surface area contributed by atoms with E-state index in [1.807, 2.05) is 24.3 Å². The molecule has 5 rings (SSSR count). The number of hydrogen-bond donors (Lipinski definition) is 1. The van der Waals surface area contributed by atoms with E-state index in [1.54, 1.807) is 13.8 Å². The minimum absolute atomic E-state index is 0.558. The second kappa shape index (κ2) is 10.1. The Morgan fingerprint density at radius 1 is 0.892 bits per heavy atom. The van der Waals surface area contributed by atoms with E-state index in [4.69, 9.17) is 9.72 Å². The molecule has 1 N–H and O–H groups in total. The fraction of sp³-hybridized carbons (Fsp3) is 0.250. The van der Waals surface area contributed by atoms with Crippen LogP contribution in [0.5, 0.6) is 5.75 Å². The van der Waals surface area contributed by atoms with Crippen LogP contribution in [0.3, 0.4) is 0 Å². The van der Waals surface area contributed by atoms with Crippen LogP contribution in [-0.2, 0) is 24.2 Å². The van der Waals surface area contributed by atoms with Crippen molar-refractivity contribution in [3.05, 3.63) is 107 Å². The number of benzene rings is 4. The molecule has 188 valence electrons. The van der Waals surface area contributed by atoms with E-state index in [0.717, 1.165) is 42.7 Å². The van der Waals surface area contributed by atoms with Gasteiger partial charge in [-0.05, 0) is 79.8 Å². The van der Waals surface area contributed by atoms with Crippen LogP contribution < -0.4 is 4.74 Å². The predicted octanol–water partition coefficient (Wildman–Crippen LogP) is 6.96.